The van der Waals surface area contributed by atoms with Crippen LogP contribution in [0.5, 0.6) is 0 Å². The number of benzene rings is 1. The SMILES string of the molecule is O[C@H](c1ccccc1)C(F)(F)C(F)(F)C(F)(F)C(F)(F)F. The van der Waals surface area contributed by atoms with Crippen molar-refractivity contribution >= 4 is 0 Å². The van der Waals surface area contributed by atoms with Crippen molar-refractivity contribution in [1.29, 1.82) is 0 Å². The third-order valence-electron chi connectivity index (χ3n) is 2.63. The normalized spacial score (nSPS) is 15.9. The average molecular weight is 326 g/mol. The molecule has 1 N–H and O–H groups in total. The van der Waals surface area contributed by atoms with Crippen molar-refractivity contribution in [3.63, 3.8) is 0 Å². The van der Waals surface area contributed by atoms with Crippen LogP contribution >= 0.6 is 0 Å². The molecule has 0 saturated heterocycles. The highest BCUT2D eigenvalue weighted by molar-refractivity contribution is 5.21. The number of rotatable bonds is 4. The largest absolute Gasteiger partial charge is 0.460 e. The maximum Gasteiger partial charge on any atom is 0.460 e. The van der Waals surface area contributed by atoms with Gasteiger partial charge in [0.05, 0.1) is 0 Å². The molecule has 0 aliphatic rings. The molecule has 0 bridgehead atoms. The molecule has 120 valence electrons. The van der Waals surface area contributed by atoms with Crippen LogP contribution in [0.3, 0.4) is 0 Å². The quantitative estimate of drug-likeness (QED) is 0.823. The number of hydrogen-bond acceptors (Lipinski definition) is 1. The van der Waals surface area contributed by atoms with E-state index in [1.807, 2.05) is 0 Å². The van der Waals surface area contributed by atoms with E-state index in [1.54, 1.807) is 0 Å². The first-order chi connectivity index (χ1) is 9.27. The van der Waals surface area contributed by atoms with Gasteiger partial charge in [0.1, 0.15) is 6.10 Å². The zero-order chi connectivity index (χ0) is 16.7. The first kappa shape index (κ1) is 17.6. The van der Waals surface area contributed by atoms with Gasteiger partial charge >= 0.3 is 23.9 Å². The lowest BCUT2D eigenvalue weighted by molar-refractivity contribution is -0.406. The minimum atomic E-state index is -7.01. The van der Waals surface area contributed by atoms with Gasteiger partial charge in [-0.2, -0.15) is 39.5 Å². The average Bonchev–Trinajstić information content (AvgIpc) is 2.37. The van der Waals surface area contributed by atoms with Crippen molar-refractivity contribution in [2.45, 2.75) is 30.0 Å². The van der Waals surface area contributed by atoms with Gasteiger partial charge < -0.3 is 5.11 Å². The Morgan fingerprint density at radius 1 is 0.714 bits per heavy atom. The smallest absolute Gasteiger partial charge is 0.382 e. The number of aliphatic hydroxyl groups is 1. The summed E-state index contributed by atoms with van der Waals surface area (Å²) in [6.07, 6.45) is -10.4. The predicted molar refractivity (Wildman–Crippen MR) is 52.3 cm³/mol. The third kappa shape index (κ3) is 2.68. The fourth-order valence-electron chi connectivity index (χ4n) is 1.40. The van der Waals surface area contributed by atoms with Crippen molar-refractivity contribution in [3.8, 4) is 0 Å². The van der Waals surface area contributed by atoms with Gasteiger partial charge in [-0.1, -0.05) is 30.3 Å². The van der Waals surface area contributed by atoms with Crippen LogP contribution in [0.25, 0.3) is 0 Å². The molecular weight excluding hydrogens is 319 g/mol. The van der Waals surface area contributed by atoms with Crippen LogP contribution in [0.1, 0.15) is 11.7 Å². The first-order valence-electron chi connectivity index (χ1n) is 5.20. The van der Waals surface area contributed by atoms with Crippen molar-refractivity contribution in [1.82, 2.24) is 0 Å². The van der Waals surface area contributed by atoms with Gasteiger partial charge in [-0.25, -0.2) is 0 Å². The Morgan fingerprint density at radius 3 is 1.52 bits per heavy atom. The fraction of sp³-hybridized carbons (Fsp3) is 0.455. The van der Waals surface area contributed by atoms with E-state index in [2.05, 4.69) is 0 Å². The summed E-state index contributed by atoms with van der Waals surface area (Å²) in [5, 5.41) is 9.08. The molecule has 21 heavy (non-hydrogen) atoms. The molecule has 0 fully saturated rings. The fourth-order valence-corrected chi connectivity index (χ4v) is 1.40. The summed E-state index contributed by atoms with van der Waals surface area (Å²) in [5.74, 6) is -19.9. The van der Waals surface area contributed by atoms with E-state index < -0.39 is 35.6 Å². The number of alkyl halides is 9. The van der Waals surface area contributed by atoms with E-state index in [0.29, 0.717) is 12.1 Å². The van der Waals surface area contributed by atoms with Crippen LogP contribution in [0.2, 0.25) is 0 Å². The van der Waals surface area contributed by atoms with E-state index in [1.165, 1.54) is 6.07 Å². The maximum absolute atomic E-state index is 13.3. The second kappa shape index (κ2) is 5.08. The molecule has 0 aliphatic heterocycles. The Hall–Kier alpha value is -1.45. The highest BCUT2D eigenvalue weighted by Gasteiger charge is 2.83. The molecule has 0 aliphatic carbocycles. The topological polar surface area (TPSA) is 20.2 Å². The Labute approximate surface area is 112 Å². The molecule has 0 saturated carbocycles. The van der Waals surface area contributed by atoms with Gasteiger partial charge in [0.15, 0.2) is 0 Å². The molecule has 0 radical (unpaired) electrons. The van der Waals surface area contributed by atoms with Gasteiger partial charge in [0.25, 0.3) is 0 Å². The predicted octanol–water partition coefficient (Wildman–Crippen LogP) is 4.19. The zero-order valence-electron chi connectivity index (χ0n) is 9.81. The van der Waals surface area contributed by atoms with Crippen molar-refractivity contribution in [2.75, 3.05) is 0 Å². The summed E-state index contributed by atoms with van der Waals surface area (Å²) in [7, 11) is 0. The van der Waals surface area contributed by atoms with E-state index >= 15 is 0 Å². The second-order valence-electron chi connectivity index (χ2n) is 4.08. The van der Waals surface area contributed by atoms with Gasteiger partial charge in [-0.05, 0) is 5.56 Å². The lowest BCUT2D eigenvalue weighted by Gasteiger charge is -2.35. The molecule has 1 aromatic rings. The van der Waals surface area contributed by atoms with Crippen LogP contribution in [-0.4, -0.2) is 29.1 Å². The van der Waals surface area contributed by atoms with Crippen molar-refractivity contribution in [2.24, 2.45) is 0 Å². The molecule has 0 unspecified atom stereocenters. The molecule has 0 heterocycles. The van der Waals surface area contributed by atoms with Crippen LogP contribution < -0.4 is 0 Å². The molecule has 1 aromatic carbocycles. The Morgan fingerprint density at radius 2 is 1.14 bits per heavy atom. The van der Waals surface area contributed by atoms with Gasteiger partial charge in [-0.15, -0.1) is 0 Å². The Balaban J connectivity index is 3.28. The lowest BCUT2D eigenvalue weighted by Crippen LogP contribution is -2.62. The molecular formula is C11H7F9O. The Bertz CT molecular complexity index is 480. The van der Waals surface area contributed by atoms with E-state index in [9.17, 15) is 39.5 Å². The lowest BCUT2D eigenvalue weighted by atomic mass is 9.94. The highest BCUT2D eigenvalue weighted by atomic mass is 19.4. The Kier molecular flexibility index (Phi) is 4.25. The summed E-state index contributed by atoms with van der Waals surface area (Å²) >= 11 is 0. The van der Waals surface area contributed by atoms with Gasteiger partial charge in [0.2, 0.25) is 0 Å². The van der Waals surface area contributed by atoms with Crippen LogP contribution in [-0.2, 0) is 0 Å². The minimum absolute atomic E-state index is 0.681. The molecule has 1 atom stereocenters. The van der Waals surface area contributed by atoms with E-state index in [-0.39, 0.29) is 0 Å². The first-order valence-corrected chi connectivity index (χ1v) is 5.20. The molecule has 10 heteroatoms. The summed E-state index contributed by atoms with van der Waals surface area (Å²) in [6, 6.07) is 4.61. The molecule has 1 nitrogen and oxygen atoms in total. The summed E-state index contributed by atoms with van der Waals surface area (Å²) in [4.78, 5) is 0. The second-order valence-corrected chi connectivity index (χ2v) is 4.08. The standard InChI is InChI=1S/C11H7F9O/c12-8(13,7(21)6-4-2-1-3-5-6)9(14,15)10(16,17)11(18,19)20/h1-5,7,21H/t7-/m1/s1. The molecule has 0 spiro atoms. The van der Waals surface area contributed by atoms with Crippen molar-refractivity contribution < 1.29 is 44.6 Å². The maximum atomic E-state index is 13.3. The number of hydrogen-bond donors (Lipinski definition) is 1. The van der Waals surface area contributed by atoms with Gasteiger partial charge in [-0.3, -0.25) is 0 Å². The summed E-state index contributed by atoms with van der Waals surface area (Å²) in [5.41, 5.74) is -0.930. The summed E-state index contributed by atoms with van der Waals surface area (Å²) in [6.45, 7) is 0. The highest BCUT2D eigenvalue weighted by Crippen LogP contribution is 2.56. The summed E-state index contributed by atoms with van der Waals surface area (Å²) < 4.78 is 114. The third-order valence-corrected chi connectivity index (χ3v) is 2.63. The number of aliphatic hydroxyl groups excluding tert-OH is 1. The van der Waals surface area contributed by atoms with Crippen molar-refractivity contribution in [3.05, 3.63) is 35.9 Å². The van der Waals surface area contributed by atoms with Crippen LogP contribution in [0, 0.1) is 0 Å². The monoisotopic (exact) mass is 326 g/mol. The molecule has 0 aromatic heterocycles. The minimum Gasteiger partial charge on any atom is -0.382 e. The zero-order valence-corrected chi connectivity index (χ0v) is 9.81. The molecule has 1 rings (SSSR count). The number of halogens is 9. The van der Waals surface area contributed by atoms with Crippen LogP contribution in [0.4, 0.5) is 39.5 Å². The van der Waals surface area contributed by atoms with E-state index in [0.717, 1.165) is 12.1 Å². The van der Waals surface area contributed by atoms with Gasteiger partial charge in [0, 0.05) is 0 Å². The van der Waals surface area contributed by atoms with E-state index in [4.69, 9.17) is 5.11 Å². The van der Waals surface area contributed by atoms with Crippen LogP contribution in [0.15, 0.2) is 30.3 Å². The molecule has 0 amide bonds.